The number of nitrogens with one attached hydrogen (secondary N) is 1. The Bertz CT molecular complexity index is 686. The fraction of sp³-hybridized carbons (Fsp3) is 0.154. The second-order valence-electron chi connectivity index (χ2n) is 3.83. The minimum absolute atomic E-state index is 0.350. The molecule has 0 aliphatic rings. The van der Waals surface area contributed by atoms with Crippen molar-refractivity contribution in [3.8, 4) is 0 Å². The van der Waals surface area contributed by atoms with E-state index in [1.54, 1.807) is 17.7 Å². The fourth-order valence-electron chi connectivity index (χ4n) is 1.83. The van der Waals surface area contributed by atoms with Crippen LogP contribution in [0, 0.1) is 0 Å². The van der Waals surface area contributed by atoms with Crippen LogP contribution in [-0.2, 0) is 7.05 Å². The lowest BCUT2D eigenvalue weighted by atomic mass is 10.1. The molecule has 1 N–H and O–H groups in total. The van der Waals surface area contributed by atoms with E-state index in [9.17, 15) is 9.59 Å². The highest BCUT2D eigenvalue weighted by Crippen LogP contribution is 2.11. The molecule has 5 heteroatoms. The van der Waals surface area contributed by atoms with E-state index in [1.165, 1.54) is 7.05 Å². The maximum atomic E-state index is 11.3. The number of pyridine rings is 1. The fourth-order valence-corrected chi connectivity index (χ4v) is 1.83. The molecule has 0 radical (unpaired) electrons. The van der Waals surface area contributed by atoms with Crippen molar-refractivity contribution in [1.29, 1.82) is 0 Å². The number of hydrogen-bond donors (Lipinski definition) is 1. The van der Waals surface area contributed by atoms with Gasteiger partial charge in [0.1, 0.15) is 5.49 Å². The highest BCUT2D eigenvalue weighted by molar-refractivity contribution is 5.86. The maximum absolute atomic E-state index is 11.3. The molecule has 18 heavy (non-hydrogen) atoms. The summed E-state index contributed by atoms with van der Waals surface area (Å²) in [5, 5.41) is 3.33. The predicted octanol–water partition coefficient (Wildman–Crippen LogP) is 1.23. The minimum Gasteiger partial charge on any atom is -0.339 e. The van der Waals surface area contributed by atoms with Gasteiger partial charge in [-0.3, -0.25) is 4.79 Å². The number of hydrogen-bond acceptors (Lipinski definition) is 2. The van der Waals surface area contributed by atoms with Gasteiger partial charge in [-0.05, 0) is 17.5 Å². The number of aryl methyl sites for hydroxylation is 1. The summed E-state index contributed by atoms with van der Waals surface area (Å²) in [4.78, 5) is 26.3. The Kier molecular flexibility index (Phi) is 3.23. The van der Waals surface area contributed by atoms with Crippen LogP contribution in [0.1, 0.15) is 10.4 Å². The van der Waals surface area contributed by atoms with E-state index in [0.29, 0.717) is 17.3 Å². The van der Waals surface area contributed by atoms with Crippen LogP contribution in [-0.4, -0.2) is 23.9 Å². The van der Waals surface area contributed by atoms with Crippen molar-refractivity contribution in [3.63, 3.8) is 0 Å². The van der Waals surface area contributed by atoms with Gasteiger partial charge in [0.05, 0.1) is 5.56 Å². The number of nitrogens with zero attached hydrogens (tertiary/aromatic N) is 2. The van der Waals surface area contributed by atoms with Crippen LogP contribution in [0.2, 0.25) is 0 Å². The molecule has 0 spiro atoms. The maximum Gasteiger partial charge on any atom is 0.342 e. The summed E-state index contributed by atoms with van der Waals surface area (Å²) < 4.78 is 1.73. The molecule has 2 aromatic rings. The topological polar surface area (TPSA) is 63.5 Å². The summed E-state index contributed by atoms with van der Waals surface area (Å²) >= 11 is 0. The van der Waals surface area contributed by atoms with Gasteiger partial charge in [0, 0.05) is 19.6 Å². The largest absolute Gasteiger partial charge is 0.342 e. The van der Waals surface area contributed by atoms with Gasteiger partial charge in [0.25, 0.3) is 0 Å². The highest BCUT2D eigenvalue weighted by atomic mass is 16.2. The number of fused-ring (bicyclic) bond motifs is 1. The summed E-state index contributed by atoms with van der Waals surface area (Å²) in [7, 11) is 3.27. The molecule has 0 saturated carbocycles. The number of para-hydroxylation sites is 1. The average Bonchev–Trinajstić information content (AvgIpc) is 2.41. The minimum atomic E-state index is -0.482. The molecule has 0 unspecified atom stereocenters. The van der Waals surface area contributed by atoms with Gasteiger partial charge in [-0.1, -0.05) is 18.2 Å². The molecule has 0 fully saturated rings. The van der Waals surface area contributed by atoms with Crippen molar-refractivity contribution in [2.45, 2.75) is 0 Å². The number of carbonyl (C=O) groups excluding carboxylic acids is 2. The molecule has 0 aliphatic carbocycles. The molecule has 1 aromatic heterocycles. The molecule has 0 bridgehead atoms. The van der Waals surface area contributed by atoms with E-state index < -0.39 is 6.03 Å². The van der Waals surface area contributed by atoms with E-state index in [4.69, 9.17) is 0 Å². The molecule has 2 rings (SSSR count). The van der Waals surface area contributed by atoms with Gasteiger partial charge in [-0.2, -0.15) is 4.99 Å². The molecule has 0 aliphatic heterocycles. The quantitative estimate of drug-likeness (QED) is 0.766. The number of aldehydes is 1. The zero-order chi connectivity index (χ0) is 13.1. The van der Waals surface area contributed by atoms with Gasteiger partial charge in [-0.15, -0.1) is 0 Å². The third-order valence-corrected chi connectivity index (χ3v) is 2.73. The Labute approximate surface area is 104 Å². The number of rotatable bonds is 1. The molecule has 5 nitrogen and oxygen atoms in total. The summed E-state index contributed by atoms with van der Waals surface area (Å²) in [6, 6.07) is 8.85. The molecule has 1 heterocycles. The van der Waals surface area contributed by atoms with Crippen LogP contribution < -0.4 is 10.8 Å². The molecular weight excluding hydrogens is 230 g/mol. The highest BCUT2D eigenvalue weighted by Gasteiger charge is 2.05. The summed E-state index contributed by atoms with van der Waals surface area (Å²) in [6.07, 6.45) is 0.703. The molecule has 2 amide bonds. The van der Waals surface area contributed by atoms with Gasteiger partial charge in [0.15, 0.2) is 6.29 Å². The Hall–Kier alpha value is -2.43. The smallest absolute Gasteiger partial charge is 0.339 e. The van der Waals surface area contributed by atoms with E-state index >= 15 is 0 Å². The van der Waals surface area contributed by atoms with Crippen LogP contribution in [0.3, 0.4) is 0 Å². The lowest BCUT2D eigenvalue weighted by molar-refractivity contribution is 0.112. The SMILES string of the molecule is CNC(=O)N=c1c(C=O)cc2ccccc2n1C. The number of urea groups is 1. The first-order valence-electron chi connectivity index (χ1n) is 5.47. The van der Waals surface area contributed by atoms with Gasteiger partial charge < -0.3 is 9.88 Å². The van der Waals surface area contributed by atoms with Gasteiger partial charge in [-0.25, -0.2) is 4.79 Å². The first-order valence-corrected chi connectivity index (χ1v) is 5.47. The van der Waals surface area contributed by atoms with Crippen LogP contribution in [0.25, 0.3) is 10.9 Å². The second kappa shape index (κ2) is 4.83. The second-order valence-corrected chi connectivity index (χ2v) is 3.83. The third kappa shape index (κ3) is 2.02. The zero-order valence-electron chi connectivity index (χ0n) is 10.2. The van der Waals surface area contributed by atoms with Crippen LogP contribution in [0.5, 0.6) is 0 Å². The number of carbonyl (C=O) groups is 2. The Morgan fingerprint density at radius 3 is 2.78 bits per heavy atom. The third-order valence-electron chi connectivity index (χ3n) is 2.73. The van der Waals surface area contributed by atoms with Crippen molar-refractivity contribution in [1.82, 2.24) is 9.88 Å². The molecule has 0 saturated heterocycles. The standard InChI is InChI=1S/C13H13N3O2/c1-14-13(18)15-12-10(8-17)7-9-5-3-4-6-11(9)16(12)2/h3-8H,1-2H3,(H,14,18). The Balaban J connectivity index is 2.87. The van der Waals surface area contributed by atoms with Crippen LogP contribution in [0.4, 0.5) is 4.79 Å². The van der Waals surface area contributed by atoms with Crippen molar-refractivity contribution >= 4 is 23.2 Å². The monoisotopic (exact) mass is 243 g/mol. The number of aromatic nitrogens is 1. The normalized spacial score (nSPS) is 11.6. The Morgan fingerprint density at radius 1 is 1.39 bits per heavy atom. The molecular formula is C13H13N3O2. The van der Waals surface area contributed by atoms with Crippen molar-refractivity contribution in [3.05, 3.63) is 41.4 Å². The Morgan fingerprint density at radius 2 is 2.11 bits per heavy atom. The van der Waals surface area contributed by atoms with Crippen LogP contribution >= 0.6 is 0 Å². The van der Waals surface area contributed by atoms with E-state index in [-0.39, 0.29) is 0 Å². The molecule has 0 atom stereocenters. The lowest BCUT2D eigenvalue weighted by Crippen LogP contribution is -2.27. The lowest BCUT2D eigenvalue weighted by Gasteiger charge is -2.08. The summed E-state index contributed by atoms with van der Waals surface area (Å²) in [6.45, 7) is 0. The molecule has 92 valence electrons. The van der Waals surface area contributed by atoms with Crippen molar-refractivity contribution < 1.29 is 9.59 Å². The summed E-state index contributed by atoms with van der Waals surface area (Å²) in [5.41, 5.74) is 1.65. The van der Waals surface area contributed by atoms with Crippen molar-refractivity contribution in [2.75, 3.05) is 7.05 Å². The van der Waals surface area contributed by atoms with Crippen LogP contribution in [0.15, 0.2) is 35.3 Å². The van der Waals surface area contributed by atoms with Gasteiger partial charge >= 0.3 is 6.03 Å². The first kappa shape index (κ1) is 12.0. The zero-order valence-corrected chi connectivity index (χ0v) is 10.2. The summed E-state index contributed by atoms with van der Waals surface area (Å²) in [5.74, 6) is 0. The molecule has 1 aromatic carbocycles. The number of amides is 2. The van der Waals surface area contributed by atoms with E-state index in [1.807, 2.05) is 24.3 Å². The predicted molar refractivity (Wildman–Crippen MR) is 68.3 cm³/mol. The van der Waals surface area contributed by atoms with E-state index in [2.05, 4.69) is 10.3 Å². The van der Waals surface area contributed by atoms with Crippen molar-refractivity contribution in [2.24, 2.45) is 12.0 Å². The average molecular weight is 243 g/mol. The first-order chi connectivity index (χ1) is 8.67. The number of benzene rings is 1. The van der Waals surface area contributed by atoms with Gasteiger partial charge in [0.2, 0.25) is 0 Å². The van der Waals surface area contributed by atoms with E-state index in [0.717, 1.165) is 10.9 Å².